The Kier molecular flexibility index (Phi) is 3.15. The molecule has 0 bridgehead atoms. The lowest BCUT2D eigenvalue weighted by atomic mass is 10.0. The van der Waals surface area contributed by atoms with E-state index in [0.717, 1.165) is 10.9 Å². The number of aromatic amines is 1. The third kappa shape index (κ3) is 2.25. The number of rotatable bonds is 4. The lowest BCUT2D eigenvalue weighted by molar-refractivity contribution is -0.385. The fourth-order valence-electron chi connectivity index (χ4n) is 2.25. The lowest BCUT2D eigenvalue weighted by Crippen LogP contribution is -1.96. The molecule has 7 heteroatoms. The first-order valence-corrected chi connectivity index (χ1v) is 6.20. The Morgan fingerprint density at radius 3 is 2.71 bits per heavy atom. The number of H-pyrrole nitrogens is 1. The summed E-state index contributed by atoms with van der Waals surface area (Å²) in [6.45, 7) is 0. The minimum Gasteiger partial charge on any atom is -0.303 e. The summed E-state index contributed by atoms with van der Waals surface area (Å²) in [6, 6.07) is 6.65. The van der Waals surface area contributed by atoms with Gasteiger partial charge in [0.1, 0.15) is 12.0 Å². The van der Waals surface area contributed by atoms with Crippen molar-refractivity contribution in [3.05, 3.63) is 52.3 Å². The molecule has 3 aromatic rings. The number of aldehydes is 1. The predicted octanol–water partition coefficient (Wildman–Crippen LogP) is 2.27. The highest BCUT2D eigenvalue weighted by Crippen LogP contribution is 2.31. The first-order valence-electron chi connectivity index (χ1n) is 6.20. The molecule has 2 aromatic heterocycles. The number of hydrogen-bond acceptors (Lipinski definition) is 5. The van der Waals surface area contributed by atoms with E-state index in [1.165, 1.54) is 6.07 Å². The average Bonchev–Trinajstić information content (AvgIpc) is 2.90. The summed E-state index contributed by atoms with van der Waals surface area (Å²) in [6.07, 6.45) is 3.94. The topological polar surface area (TPSA) is 102 Å². The quantitative estimate of drug-likeness (QED) is 0.449. The van der Waals surface area contributed by atoms with Crippen molar-refractivity contribution >= 4 is 22.9 Å². The van der Waals surface area contributed by atoms with Crippen LogP contribution in [-0.2, 0) is 11.2 Å². The maximum absolute atomic E-state index is 11.1. The summed E-state index contributed by atoms with van der Waals surface area (Å²) in [7, 11) is 0. The van der Waals surface area contributed by atoms with E-state index in [-0.39, 0.29) is 12.1 Å². The number of fused-ring (bicyclic) bond motifs is 1. The van der Waals surface area contributed by atoms with E-state index in [4.69, 9.17) is 0 Å². The van der Waals surface area contributed by atoms with Crippen LogP contribution in [0.5, 0.6) is 0 Å². The third-order valence-corrected chi connectivity index (χ3v) is 3.22. The number of carbonyl (C=O) groups is 1. The number of nitro benzene ring substituents is 1. The van der Waals surface area contributed by atoms with E-state index in [0.29, 0.717) is 23.1 Å². The molecule has 0 saturated carbocycles. The predicted molar refractivity (Wildman–Crippen MR) is 75.7 cm³/mol. The van der Waals surface area contributed by atoms with Gasteiger partial charge in [0.15, 0.2) is 0 Å². The van der Waals surface area contributed by atoms with Crippen LogP contribution in [0.25, 0.3) is 22.2 Å². The first kappa shape index (κ1) is 12.9. The van der Waals surface area contributed by atoms with E-state index in [2.05, 4.69) is 15.2 Å². The number of nitrogens with zero attached hydrogens (tertiary/aromatic N) is 3. The second-order valence-electron chi connectivity index (χ2n) is 4.46. The Morgan fingerprint density at radius 1 is 1.29 bits per heavy atom. The molecular weight excluding hydrogens is 272 g/mol. The van der Waals surface area contributed by atoms with Crippen molar-refractivity contribution in [1.82, 2.24) is 15.2 Å². The van der Waals surface area contributed by atoms with Crippen LogP contribution in [-0.4, -0.2) is 26.4 Å². The normalized spacial score (nSPS) is 10.7. The fraction of sp³-hybridized carbons (Fsp3) is 0.0714. The molecule has 104 valence electrons. The third-order valence-electron chi connectivity index (χ3n) is 3.22. The molecular formula is C14H10N4O3. The summed E-state index contributed by atoms with van der Waals surface area (Å²) >= 11 is 0. The van der Waals surface area contributed by atoms with Gasteiger partial charge in [-0.15, -0.1) is 0 Å². The number of carbonyl (C=O) groups excluding carboxylic acids is 1. The molecule has 21 heavy (non-hydrogen) atoms. The summed E-state index contributed by atoms with van der Waals surface area (Å²) in [5.41, 5.74) is 2.37. The Balaban J connectivity index is 2.24. The zero-order valence-corrected chi connectivity index (χ0v) is 10.8. The molecule has 7 nitrogen and oxygen atoms in total. The fourth-order valence-corrected chi connectivity index (χ4v) is 2.25. The van der Waals surface area contributed by atoms with Gasteiger partial charge in [-0.05, 0) is 18.2 Å². The van der Waals surface area contributed by atoms with Crippen molar-refractivity contribution in [2.45, 2.75) is 6.42 Å². The SMILES string of the molecule is O=CCc1cc2c(-c3ccncc3)n[nH]c2cc1[N+](=O)[O-]. The molecule has 0 atom stereocenters. The molecule has 3 rings (SSSR count). The Bertz CT molecular complexity index is 827. The van der Waals surface area contributed by atoms with Gasteiger partial charge in [0, 0.05) is 41.4 Å². The Hall–Kier alpha value is -3.09. The minimum absolute atomic E-state index is 0.00673. The molecule has 0 saturated heterocycles. The number of nitrogens with one attached hydrogen (secondary N) is 1. The van der Waals surface area contributed by atoms with Gasteiger partial charge in [-0.25, -0.2) is 0 Å². The zero-order valence-electron chi connectivity index (χ0n) is 10.8. The van der Waals surface area contributed by atoms with Crippen molar-refractivity contribution in [2.24, 2.45) is 0 Å². The van der Waals surface area contributed by atoms with E-state index >= 15 is 0 Å². The van der Waals surface area contributed by atoms with Gasteiger partial charge >= 0.3 is 0 Å². The van der Waals surface area contributed by atoms with Crippen LogP contribution in [0.15, 0.2) is 36.7 Å². The van der Waals surface area contributed by atoms with Gasteiger partial charge in [-0.1, -0.05) is 0 Å². The maximum atomic E-state index is 11.1. The van der Waals surface area contributed by atoms with Gasteiger partial charge in [0.25, 0.3) is 5.69 Å². The lowest BCUT2D eigenvalue weighted by Gasteiger charge is -2.01. The van der Waals surface area contributed by atoms with Gasteiger partial charge in [-0.2, -0.15) is 5.10 Å². The van der Waals surface area contributed by atoms with Crippen LogP contribution in [0.2, 0.25) is 0 Å². The van der Waals surface area contributed by atoms with Crippen LogP contribution in [0, 0.1) is 10.1 Å². The van der Waals surface area contributed by atoms with E-state index < -0.39 is 4.92 Å². The molecule has 0 aliphatic heterocycles. The van der Waals surface area contributed by atoms with E-state index in [1.807, 2.05) is 0 Å². The maximum Gasteiger partial charge on any atom is 0.275 e. The van der Waals surface area contributed by atoms with Crippen LogP contribution >= 0.6 is 0 Å². The molecule has 0 unspecified atom stereocenters. The number of pyridine rings is 1. The van der Waals surface area contributed by atoms with Gasteiger partial charge in [-0.3, -0.25) is 20.2 Å². The van der Waals surface area contributed by atoms with Crippen molar-refractivity contribution in [2.75, 3.05) is 0 Å². The van der Waals surface area contributed by atoms with Crippen LogP contribution in [0.3, 0.4) is 0 Å². The summed E-state index contributed by atoms with van der Waals surface area (Å²) < 4.78 is 0. The van der Waals surface area contributed by atoms with E-state index in [1.54, 1.807) is 30.6 Å². The standard InChI is InChI=1S/C14H10N4O3/c19-6-3-10-7-11-12(8-13(10)18(20)21)16-17-14(11)9-1-4-15-5-2-9/h1-2,4-8H,3H2,(H,16,17). The second-order valence-corrected chi connectivity index (χ2v) is 4.46. The molecule has 2 heterocycles. The minimum atomic E-state index is -0.495. The first-order chi connectivity index (χ1) is 10.2. The Labute approximate surface area is 118 Å². The number of hydrogen-bond donors (Lipinski definition) is 1. The van der Waals surface area contributed by atoms with Crippen molar-refractivity contribution in [3.63, 3.8) is 0 Å². The van der Waals surface area contributed by atoms with Crippen molar-refractivity contribution in [1.29, 1.82) is 0 Å². The molecule has 0 fully saturated rings. The highest BCUT2D eigenvalue weighted by molar-refractivity contribution is 5.95. The summed E-state index contributed by atoms with van der Waals surface area (Å²) in [5, 5.41) is 18.8. The molecule has 0 aliphatic carbocycles. The molecule has 0 radical (unpaired) electrons. The van der Waals surface area contributed by atoms with Crippen LogP contribution in [0.1, 0.15) is 5.56 Å². The van der Waals surface area contributed by atoms with Crippen molar-refractivity contribution in [3.8, 4) is 11.3 Å². The molecule has 0 spiro atoms. The second kappa shape index (κ2) is 5.12. The largest absolute Gasteiger partial charge is 0.303 e. The van der Waals surface area contributed by atoms with E-state index in [9.17, 15) is 14.9 Å². The van der Waals surface area contributed by atoms with Crippen molar-refractivity contribution < 1.29 is 9.72 Å². The molecule has 1 N–H and O–H groups in total. The van der Waals surface area contributed by atoms with Gasteiger partial charge in [0.05, 0.1) is 10.4 Å². The number of nitro groups is 1. The average molecular weight is 282 g/mol. The highest BCUT2D eigenvalue weighted by Gasteiger charge is 2.18. The molecule has 0 aliphatic rings. The highest BCUT2D eigenvalue weighted by atomic mass is 16.6. The molecule has 1 aromatic carbocycles. The zero-order chi connectivity index (χ0) is 14.8. The number of benzene rings is 1. The van der Waals surface area contributed by atoms with Gasteiger partial charge < -0.3 is 4.79 Å². The summed E-state index contributed by atoms with van der Waals surface area (Å²) in [4.78, 5) is 25.2. The monoisotopic (exact) mass is 282 g/mol. The number of aromatic nitrogens is 3. The summed E-state index contributed by atoms with van der Waals surface area (Å²) in [5.74, 6) is 0. The Morgan fingerprint density at radius 2 is 2.05 bits per heavy atom. The van der Waals surface area contributed by atoms with Crippen LogP contribution in [0.4, 0.5) is 5.69 Å². The molecule has 0 amide bonds. The van der Waals surface area contributed by atoms with Gasteiger partial charge in [0.2, 0.25) is 0 Å². The smallest absolute Gasteiger partial charge is 0.275 e. The van der Waals surface area contributed by atoms with Crippen LogP contribution < -0.4 is 0 Å².